The van der Waals surface area contributed by atoms with Crippen LogP contribution < -0.4 is 4.74 Å². The molecule has 0 fully saturated rings. The molecule has 0 aliphatic carbocycles. The van der Waals surface area contributed by atoms with Crippen LogP contribution in [0.5, 0.6) is 5.88 Å². The minimum absolute atomic E-state index is 0.0412. The molecule has 0 saturated carbocycles. The number of rotatable bonds is 6. The number of carbonyl (C=O) groups is 1. The number of hydrogen-bond donors (Lipinski definition) is 1. The highest BCUT2D eigenvalue weighted by Crippen LogP contribution is 2.20. The van der Waals surface area contributed by atoms with Crippen LogP contribution in [-0.4, -0.2) is 28.8 Å². The summed E-state index contributed by atoms with van der Waals surface area (Å²) in [5, 5.41) is 8.89. The molecule has 0 bridgehead atoms. The molecule has 0 saturated heterocycles. The Hall–Kier alpha value is -1.79. The molecule has 1 rings (SSSR count). The zero-order valence-electron chi connectivity index (χ0n) is 10.3. The molecule has 4 nitrogen and oxygen atoms in total. The number of carboxylic acids is 1. The number of aromatic carboxylic acids is 1. The maximum Gasteiger partial charge on any atom is 0.392 e. The summed E-state index contributed by atoms with van der Waals surface area (Å²) in [4.78, 5) is 14.9. The molecule has 0 atom stereocenters. The van der Waals surface area contributed by atoms with E-state index >= 15 is 0 Å². The number of aromatic nitrogens is 1. The van der Waals surface area contributed by atoms with E-state index in [-0.39, 0.29) is 11.4 Å². The lowest BCUT2D eigenvalue weighted by Crippen LogP contribution is -2.14. The second-order valence-corrected chi connectivity index (χ2v) is 3.95. The molecule has 0 spiro atoms. The summed E-state index contributed by atoms with van der Waals surface area (Å²) in [5.41, 5.74) is 0.449. The Morgan fingerprint density at radius 2 is 2.11 bits per heavy atom. The summed E-state index contributed by atoms with van der Waals surface area (Å²) >= 11 is 0. The van der Waals surface area contributed by atoms with Gasteiger partial charge < -0.3 is 9.84 Å². The highest BCUT2D eigenvalue weighted by molar-refractivity contribution is 5.88. The summed E-state index contributed by atoms with van der Waals surface area (Å²) in [6.07, 6.45) is -4.12. The number of aryl methyl sites for hydroxylation is 1. The van der Waals surface area contributed by atoms with Crippen LogP contribution in [0.4, 0.5) is 13.2 Å². The lowest BCUT2D eigenvalue weighted by atomic mass is 10.1. The van der Waals surface area contributed by atoms with Crippen molar-refractivity contribution in [3.63, 3.8) is 0 Å². The van der Waals surface area contributed by atoms with Gasteiger partial charge in [0.25, 0.3) is 0 Å². The average molecular weight is 277 g/mol. The molecule has 7 heteroatoms. The largest absolute Gasteiger partial charge is 0.478 e. The molecule has 1 N–H and O–H groups in total. The van der Waals surface area contributed by atoms with Gasteiger partial charge in [0.15, 0.2) is 0 Å². The minimum Gasteiger partial charge on any atom is -0.478 e. The van der Waals surface area contributed by atoms with E-state index in [1.54, 1.807) is 0 Å². The van der Waals surface area contributed by atoms with Crippen molar-refractivity contribution in [3.8, 4) is 5.88 Å². The fourth-order valence-electron chi connectivity index (χ4n) is 1.41. The highest BCUT2D eigenvalue weighted by atomic mass is 19.4. The number of nitrogens with zero attached hydrogens (tertiary/aromatic N) is 1. The first-order valence-electron chi connectivity index (χ1n) is 5.75. The van der Waals surface area contributed by atoms with E-state index in [1.165, 1.54) is 6.07 Å². The SMILES string of the molecule is CCCc1cc(C(=O)O)cc(OCCC(F)(F)F)n1. The van der Waals surface area contributed by atoms with Gasteiger partial charge in [0.2, 0.25) is 5.88 Å². The van der Waals surface area contributed by atoms with Crippen molar-refractivity contribution in [1.29, 1.82) is 0 Å². The van der Waals surface area contributed by atoms with Gasteiger partial charge in [-0.1, -0.05) is 13.3 Å². The number of alkyl halides is 3. The normalized spacial score (nSPS) is 11.4. The summed E-state index contributed by atoms with van der Waals surface area (Å²) in [6.45, 7) is 1.31. The van der Waals surface area contributed by atoms with Crippen LogP contribution in [0.3, 0.4) is 0 Å². The predicted molar refractivity (Wildman–Crippen MR) is 61.4 cm³/mol. The lowest BCUT2D eigenvalue weighted by molar-refractivity contribution is -0.139. The van der Waals surface area contributed by atoms with Gasteiger partial charge in [0.1, 0.15) is 0 Å². The van der Waals surface area contributed by atoms with Crippen molar-refractivity contribution in [3.05, 3.63) is 23.4 Å². The van der Waals surface area contributed by atoms with Crippen LogP contribution in [-0.2, 0) is 6.42 Å². The van der Waals surface area contributed by atoms with Crippen LogP contribution in [0, 0.1) is 0 Å². The zero-order valence-corrected chi connectivity index (χ0v) is 10.3. The Bertz CT molecular complexity index is 446. The highest BCUT2D eigenvalue weighted by Gasteiger charge is 2.27. The average Bonchev–Trinajstić information content (AvgIpc) is 2.27. The fourth-order valence-corrected chi connectivity index (χ4v) is 1.41. The predicted octanol–water partition coefficient (Wildman–Crippen LogP) is 3.06. The Kier molecular flexibility index (Phi) is 5.14. The van der Waals surface area contributed by atoms with E-state index in [1.807, 2.05) is 6.92 Å². The van der Waals surface area contributed by atoms with Crippen LogP contribution in [0.2, 0.25) is 0 Å². The van der Waals surface area contributed by atoms with Crippen LogP contribution >= 0.6 is 0 Å². The van der Waals surface area contributed by atoms with E-state index in [0.717, 1.165) is 12.5 Å². The van der Waals surface area contributed by atoms with Crippen molar-refractivity contribution in [2.75, 3.05) is 6.61 Å². The van der Waals surface area contributed by atoms with E-state index in [2.05, 4.69) is 4.98 Å². The third-order valence-corrected chi connectivity index (χ3v) is 2.24. The van der Waals surface area contributed by atoms with E-state index in [0.29, 0.717) is 12.1 Å². The third kappa shape index (κ3) is 5.58. The van der Waals surface area contributed by atoms with E-state index in [9.17, 15) is 18.0 Å². The van der Waals surface area contributed by atoms with Gasteiger partial charge in [0.05, 0.1) is 18.6 Å². The van der Waals surface area contributed by atoms with Gasteiger partial charge in [0, 0.05) is 11.8 Å². The standard InChI is InChI=1S/C12H14F3NO3/c1-2-3-9-6-8(11(17)18)7-10(16-9)19-5-4-12(13,14)15/h6-7H,2-5H2,1H3,(H,17,18). The molecule has 106 valence electrons. The molecule has 0 radical (unpaired) electrons. The first kappa shape index (κ1) is 15.3. The number of halogens is 3. The number of carboxylic acid groups (broad SMARTS) is 1. The molecule has 0 unspecified atom stereocenters. The second-order valence-electron chi connectivity index (χ2n) is 3.95. The smallest absolute Gasteiger partial charge is 0.392 e. The molecule has 0 aromatic carbocycles. The Labute approximate surface area is 108 Å². The lowest BCUT2D eigenvalue weighted by Gasteiger charge is -2.10. The van der Waals surface area contributed by atoms with Gasteiger partial charge in [-0.2, -0.15) is 13.2 Å². The van der Waals surface area contributed by atoms with Crippen molar-refractivity contribution in [2.45, 2.75) is 32.4 Å². The van der Waals surface area contributed by atoms with E-state index in [4.69, 9.17) is 9.84 Å². The molecular formula is C12H14F3NO3. The van der Waals surface area contributed by atoms with Crippen LogP contribution in [0.15, 0.2) is 12.1 Å². The molecule has 1 aromatic heterocycles. The molecule has 0 aliphatic rings. The monoisotopic (exact) mass is 277 g/mol. The fraction of sp³-hybridized carbons (Fsp3) is 0.500. The molecule has 0 amide bonds. The number of hydrogen-bond acceptors (Lipinski definition) is 3. The van der Waals surface area contributed by atoms with Crippen molar-refractivity contribution in [1.82, 2.24) is 4.98 Å². The summed E-state index contributed by atoms with van der Waals surface area (Å²) in [5.74, 6) is -1.26. The summed E-state index contributed by atoms with van der Waals surface area (Å²) in [6, 6.07) is 2.51. The first-order chi connectivity index (χ1) is 8.81. The van der Waals surface area contributed by atoms with Gasteiger partial charge in [-0.15, -0.1) is 0 Å². The molecule has 0 aliphatic heterocycles. The van der Waals surface area contributed by atoms with E-state index < -0.39 is 25.2 Å². The van der Waals surface area contributed by atoms with Crippen molar-refractivity contribution in [2.24, 2.45) is 0 Å². The van der Waals surface area contributed by atoms with Crippen LogP contribution in [0.25, 0.3) is 0 Å². The van der Waals surface area contributed by atoms with Gasteiger partial charge in [-0.25, -0.2) is 9.78 Å². The molecule has 19 heavy (non-hydrogen) atoms. The summed E-state index contributed by atoms with van der Waals surface area (Å²) in [7, 11) is 0. The molecule has 1 heterocycles. The zero-order chi connectivity index (χ0) is 14.5. The van der Waals surface area contributed by atoms with Gasteiger partial charge >= 0.3 is 12.1 Å². The van der Waals surface area contributed by atoms with Gasteiger partial charge in [-0.05, 0) is 12.5 Å². The number of pyridine rings is 1. The number of ether oxygens (including phenoxy) is 1. The third-order valence-electron chi connectivity index (χ3n) is 2.24. The minimum atomic E-state index is -4.31. The molecular weight excluding hydrogens is 263 g/mol. The van der Waals surface area contributed by atoms with Crippen molar-refractivity contribution >= 4 is 5.97 Å². The maximum absolute atomic E-state index is 12.0. The Morgan fingerprint density at radius 1 is 1.42 bits per heavy atom. The maximum atomic E-state index is 12.0. The summed E-state index contributed by atoms with van der Waals surface area (Å²) < 4.78 is 40.8. The van der Waals surface area contributed by atoms with Crippen molar-refractivity contribution < 1.29 is 27.8 Å². The first-order valence-corrected chi connectivity index (χ1v) is 5.75. The Morgan fingerprint density at radius 3 is 2.63 bits per heavy atom. The topological polar surface area (TPSA) is 59.4 Å². The second kappa shape index (κ2) is 6.40. The Balaban J connectivity index is 2.78. The van der Waals surface area contributed by atoms with Crippen LogP contribution in [0.1, 0.15) is 35.8 Å². The van der Waals surface area contributed by atoms with Gasteiger partial charge in [-0.3, -0.25) is 0 Å². The quantitative estimate of drug-likeness (QED) is 0.868. The molecule has 1 aromatic rings.